The van der Waals surface area contributed by atoms with Crippen molar-refractivity contribution in [2.75, 3.05) is 13.2 Å². The minimum absolute atomic E-state index is 0.0543. The molecule has 1 heterocycles. The first-order valence-electron chi connectivity index (χ1n) is 5.41. The number of hydrogen-bond acceptors (Lipinski definition) is 2. The smallest absolute Gasteiger partial charge is 0.255 e. The van der Waals surface area contributed by atoms with Crippen LogP contribution in [-0.2, 0) is 0 Å². The van der Waals surface area contributed by atoms with Crippen molar-refractivity contribution < 1.29 is 9.53 Å². The molecule has 3 nitrogen and oxygen atoms in total. The molecule has 16 heavy (non-hydrogen) atoms. The third-order valence-corrected chi connectivity index (χ3v) is 3.17. The Balaban J connectivity index is 2.39. The molecule has 0 spiro atoms. The summed E-state index contributed by atoms with van der Waals surface area (Å²) in [6.45, 7) is 3.07. The molecular weight excluding hydrogens is 226 g/mol. The monoisotopic (exact) mass is 239 g/mol. The Morgan fingerprint density at radius 3 is 3.12 bits per heavy atom. The van der Waals surface area contributed by atoms with Gasteiger partial charge in [0.25, 0.3) is 5.91 Å². The van der Waals surface area contributed by atoms with Crippen LogP contribution in [0.3, 0.4) is 0 Å². The first-order chi connectivity index (χ1) is 7.72. The fourth-order valence-electron chi connectivity index (χ4n) is 1.70. The van der Waals surface area contributed by atoms with Crippen LogP contribution in [0.2, 0.25) is 0 Å². The van der Waals surface area contributed by atoms with Crippen molar-refractivity contribution in [1.82, 2.24) is 5.32 Å². The van der Waals surface area contributed by atoms with Gasteiger partial charge in [-0.3, -0.25) is 4.79 Å². The van der Waals surface area contributed by atoms with Crippen LogP contribution < -0.4 is 10.1 Å². The van der Waals surface area contributed by atoms with Crippen molar-refractivity contribution in [2.45, 2.75) is 18.7 Å². The number of fused-ring (bicyclic) bond motifs is 1. The van der Waals surface area contributed by atoms with Gasteiger partial charge in [-0.25, -0.2) is 0 Å². The molecule has 1 N–H and O–H groups in total. The normalized spacial score (nSPS) is 16.8. The zero-order valence-corrected chi connectivity index (χ0v) is 9.88. The number of halogens is 1. The average molecular weight is 240 g/mol. The Bertz CT molecular complexity index is 406. The Labute approximate surface area is 99.7 Å². The number of nitrogens with one attached hydrogen (secondary N) is 1. The largest absolute Gasteiger partial charge is 0.491 e. The van der Waals surface area contributed by atoms with Gasteiger partial charge in [0, 0.05) is 0 Å². The summed E-state index contributed by atoms with van der Waals surface area (Å²) in [7, 11) is 0. The van der Waals surface area contributed by atoms with Gasteiger partial charge in [-0.15, -0.1) is 11.6 Å². The van der Waals surface area contributed by atoms with Crippen molar-refractivity contribution in [3.05, 3.63) is 29.3 Å². The molecule has 1 atom stereocenters. The van der Waals surface area contributed by atoms with E-state index < -0.39 is 0 Å². The predicted octanol–water partition coefficient (Wildman–Crippen LogP) is 2.50. The van der Waals surface area contributed by atoms with Crippen LogP contribution in [0.25, 0.3) is 0 Å². The number of ether oxygens (including phenoxy) is 1. The zero-order valence-electron chi connectivity index (χ0n) is 9.13. The molecule has 1 aromatic carbocycles. The van der Waals surface area contributed by atoms with Crippen LogP contribution in [-0.4, -0.2) is 19.1 Å². The summed E-state index contributed by atoms with van der Waals surface area (Å²) in [6.07, 6.45) is 0.836. The SMILES string of the molecule is CCC(Cl)c1ccc2c(c1)C(=O)NCCO2. The van der Waals surface area contributed by atoms with Crippen molar-refractivity contribution in [3.63, 3.8) is 0 Å². The number of benzene rings is 1. The summed E-state index contributed by atoms with van der Waals surface area (Å²) in [5.74, 6) is 0.549. The molecule has 1 aliphatic rings. The van der Waals surface area contributed by atoms with E-state index >= 15 is 0 Å². The van der Waals surface area contributed by atoms with Gasteiger partial charge in [-0.2, -0.15) is 0 Å². The minimum atomic E-state index is -0.0886. The number of amides is 1. The fraction of sp³-hybridized carbons (Fsp3) is 0.417. The maximum absolute atomic E-state index is 11.7. The highest BCUT2D eigenvalue weighted by molar-refractivity contribution is 6.20. The standard InChI is InChI=1S/C12H14ClNO2/c1-2-10(13)8-3-4-11-9(7-8)12(15)14-5-6-16-11/h3-4,7,10H,2,5-6H2,1H3,(H,14,15). The lowest BCUT2D eigenvalue weighted by Gasteiger charge is -2.10. The second-order valence-electron chi connectivity index (χ2n) is 3.74. The Morgan fingerprint density at radius 2 is 2.38 bits per heavy atom. The van der Waals surface area contributed by atoms with Crippen LogP contribution in [0.5, 0.6) is 5.75 Å². The molecule has 2 rings (SSSR count). The van der Waals surface area contributed by atoms with Gasteiger partial charge >= 0.3 is 0 Å². The Morgan fingerprint density at radius 1 is 1.56 bits per heavy atom. The minimum Gasteiger partial charge on any atom is -0.491 e. The van der Waals surface area contributed by atoms with Crippen molar-refractivity contribution in [2.24, 2.45) is 0 Å². The number of hydrogen-bond donors (Lipinski definition) is 1. The highest BCUT2D eigenvalue weighted by Crippen LogP contribution is 2.29. The Kier molecular flexibility index (Phi) is 3.34. The fourth-order valence-corrected chi connectivity index (χ4v) is 1.84. The summed E-state index contributed by atoms with van der Waals surface area (Å²) >= 11 is 6.15. The van der Waals surface area contributed by atoms with Crippen LogP contribution >= 0.6 is 11.6 Å². The predicted molar refractivity (Wildman–Crippen MR) is 63.2 cm³/mol. The molecule has 0 radical (unpaired) electrons. The lowest BCUT2D eigenvalue weighted by Crippen LogP contribution is -2.24. The molecule has 1 amide bonds. The lowest BCUT2D eigenvalue weighted by molar-refractivity contribution is 0.0957. The molecule has 0 bridgehead atoms. The van der Waals surface area contributed by atoms with E-state index in [0.29, 0.717) is 24.5 Å². The van der Waals surface area contributed by atoms with Gasteiger partial charge < -0.3 is 10.1 Å². The first-order valence-corrected chi connectivity index (χ1v) is 5.85. The quantitative estimate of drug-likeness (QED) is 0.806. The highest BCUT2D eigenvalue weighted by atomic mass is 35.5. The molecule has 0 saturated carbocycles. The van der Waals surface area contributed by atoms with Crippen molar-refractivity contribution >= 4 is 17.5 Å². The number of alkyl halides is 1. The molecular formula is C12H14ClNO2. The number of rotatable bonds is 2. The summed E-state index contributed by atoms with van der Waals surface area (Å²) in [5, 5.41) is 2.72. The number of carbonyl (C=O) groups is 1. The third-order valence-electron chi connectivity index (χ3n) is 2.61. The summed E-state index contributed by atoms with van der Waals surface area (Å²) in [6, 6.07) is 5.55. The molecule has 0 aliphatic carbocycles. The van der Waals surface area contributed by atoms with Crippen LogP contribution in [0.1, 0.15) is 34.6 Å². The lowest BCUT2D eigenvalue weighted by atomic mass is 10.0. The average Bonchev–Trinajstić information content (AvgIpc) is 2.50. The van der Waals surface area contributed by atoms with Crippen LogP contribution in [0, 0.1) is 0 Å². The van der Waals surface area contributed by atoms with E-state index in [1.807, 2.05) is 25.1 Å². The van der Waals surface area contributed by atoms with E-state index in [1.165, 1.54) is 0 Å². The van der Waals surface area contributed by atoms with Gasteiger partial charge in [0.05, 0.1) is 17.5 Å². The molecule has 1 aromatic rings. The van der Waals surface area contributed by atoms with Gasteiger partial charge in [0.1, 0.15) is 12.4 Å². The molecule has 86 valence electrons. The molecule has 1 aliphatic heterocycles. The van der Waals surface area contributed by atoms with E-state index in [0.717, 1.165) is 12.0 Å². The first kappa shape index (κ1) is 11.3. The molecule has 1 unspecified atom stereocenters. The maximum atomic E-state index is 11.7. The summed E-state index contributed by atoms with van der Waals surface area (Å²) < 4.78 is 5.46. The zero-order chi connectivity index (χ0) is 11.5. The second-order valence-corrected chi connectivity index (χ2v) is 4.26. The molecule has 0 fully saturated rings. The van der Waals surface area contributed by atoms with Gasteiger partial charge in [-0.1, -0.05) is 13.0 Å². The Hall–Kier alpha value is -1.22. The van der Waals surface area contributed by atoms with E-state index in [9.17, 15) is 4.79 Å². The second kappa shape index (κ2) is 4.74. The third kappa shape index (κ3) is 2.14. The van der Waals surface area contributed by atoms with Gasteiger partial charge in [0.2, 0.25) is 0 Å². The summed E-state index contributed by atoms with van der Waals surface area (Å²) in [5.41, 5.74) is 1.54. The van der Waals surface area contributed by atoms with Crippen LogP contribution in [0.4, 0.5) is 0 Å². The maximum Gasteiger partial charge on any atom is 0.255 e. The van der Waals surface area contributed by atoms with E-state index in [2.05, 4.69) is 5.32 Å². The van der Waals surface area contributed by atoms with Crippen LogP contribution in [0.15, 0.2) is 18.2 Å². The van der Waals surface area contributed by atoms with E-state index in [4.69, 9.17) is 16.3 Å². The van der Waals surface area contributed by atoms with E-state index in [1.54, 1.807) is 0 Å². The topological polar surface area (TPSA) is 38.3 Å². The van der Waals surface area contributed by atoms with Crippen molar-refractivity contribution in [1.29, 1.82) is 0 Å². The van der Waals surface area contributed by atoms with Crippen molar-refractivity contribution in [3.8, 4) is 5.75 Å². The summed E-state index contributed by atoms with van der Waals surface area (Å²) in [4.78, 5) is 11.7. The molecule has 4 heteroatoms. The number of carbonyl (C=O) groups excluding carboxylic acids is 1. The molecule has 0 saturated heterocycles. The highest BCUT2D eigenvalue weighted by Gasteiger charge is 2.18. The van der Waals surface area contributed by atoms with Gasteiger partial charge in [0.15, 0.2) is 0 Å². The molecule has 0 aromatic heterocycles. The van der Waals surface area contributed by atoms with E-state index in [-0.39, 0.29) is 11.3 Å². The van der Waals surface area contributed by atoms with Gasteiger partial charge in [-0.05, 0) is 24.1 Å².